The lowest BCUT2D eigenvalue weighted by molar-refractivity contribution is 0.0696. The van der Waals surface area contributed by atoms with Gasteiger partial charge in [-0.05, 0) is 19.9 Å². The molecule has 0 aliphatic rings. The van der Waals surface area contributed by atoms with Crippen molar-refractivity contribution in [1.29, 1.82) is 0 Å². The second-order valence-corrected chi connectivity index (χ2v) is 4.01. The van der Waals surface area contributed by atoms with Crippen LogP contribution < -0.4 is 5.32 Å². The summed E-state index contributed by atoms with van der Waals surface area (Å²) in [5.74, 6) is 0.376. The van der Waals surface area contributed by atoms with Crippen LogP contribution in [0.15, 0.2) is 21.3 Å². The highest BCUT2D eigenvalue weighted by molar-refractivity contribution is 5.87. The van der Waals surface area contributed by atoms with Gasteiger partial charge < -0.3 is 19.4 Å². The number of aromatic carboxylic acids is 1. The summed E-state index contributed by atoms with van der Waals surface area (Å²) in [5, 5.41) is 15.7. The lowest BCUT2D eigenvalue weighted by Gasteiger charge is -2.01. The molecule has 0 saturated heterocycles. The van der Waals surface area contributed by atoms with Crippen LogP contribution >= 0.6 is 0 Å². The first kappa shape index (κ1) is 12.4. The lowest BCUT2D eigenvalue weighted by Crippen LogP contribution is -2.13. The van der Waals surface area contributed by atoms with E-state index in [1.165, 1.54) is 12.3 Å². The van der Waals surface area contributed by atoms with Crippen molar-refractivity contribution in [3.8, 4) is 0 Å². The van der Waals surface area contributed by atoms with Crippen LogP contribution in [0.4, 0.5) is 0 Å². The van der Waals surface area contributed by atoms with Gasteiger partial charge in [0, 0.05) is 12.1 Å². The molecule has 18 heavy (non-hydrogen) atoms. The molecule has 0 radical (unpaired) electrons. The highest BCUT2D eigenvalue weighted by atomic mass is 16.5. The molecule has 0 aliphatic heterocycles. The van der Waals surface area contributed by atoms with Gasteiger partial charge in [-0.15, -0.1) is 0 Å². The summed E-state index contributed by atoms with van der Waals surface area (Å²) in [5.41, 5.74) is 2.02. The topological polar surface area (TPSA) is 88.5 Å². The Morgan fingerprint density at radius 3 is 2.78 bits per heavy atom. The molecule has 0 spiro atoms. The molecule has 2 rings (SSSR count). The molecule has 0 saturated carbocycles. The number of aromatic nitrogens is 1. The zero-order valence-electron chi connectivity index (χ0n) is 10.2. The summed E-state index contributed by atoms with van der Waals surface area (Å²) in [6.45, 7) is 4.79. The largest absolute Gasteiger partial charge is 0.478 e. The molecule has 6 heteroatoms. The maximum absolute atomic E-state index is 10.7. The van der Waals surface area contributed by atoms with Crippen LogP contribution in [0, 0.1) is 13.8 Å². The first-order valence-electron chi connectivity index (χ1n) is 5.51. The molecule has 0 aliphatic carbocycles. The third-order valence-corrected chi connectivity index (χ3v) is 2.68. The molecule has 0 amide bonds. The lowest BCUT2D eigenvalue weighted by atomic mass is 10.2. The smallest absolute Gasteiger partial charge is 0.338 e. The summed E-state index contributed by atoms with van der Waals surface area (Å²) in [6, 6.07) is 1.50. The van der Waals surface area contributed by atoms with Crippen LogP contribution in [0.5, 0.6) is 0 Å². The Labute approximate surface area is 104 Å². The molecule has 2 heterocycles. The fourth-order valence-electron chi connectivity index (χ4n) is 1.65. The van der Waals surface area contributed by atoms with Crippen molar-refractivity contribution in [3.05, 3.63) is 40.7 Å². The van der Waals surface area contributed by atoms with Gasteiger partial charge in [-0.1, -0.05) is 5.16 Å². The number of hydrogen-bond acceptors (Lipinski definition) is 5. The van der Waals surface area contributed by atoms with Crippen molar-refractivity contribution in [2.24, 2.45) is 0 Å². The van der Waals surface area contributed by atoms with Gasteiger partial charge in [-0.25, -0.2) is 4.79 Å². The van der Waals surface area contributed by atoms with Crippen molar-refractivity contribution in [3.63, 3.8) is 0 Å². The van der Waals surface area contributed by atoms with E-state index in [-0.39, 0.29) is 5.56 Å². The molecule has 2 aromatic rings. The van der Waals surface area contributed by atoms with Crippen molar-refractivity contribution in [2.45, 2.75) is 26.9 Å². The number of nitrogens with one attached hydrogen (secondary N) is 1. The zero-order chi connectivity index (χ0) is 13.1. The highest BCUT2D eigenvalue weighted by Gasteiger charge is 2.10. The summed E-state index contributed by atoms with van der Waals surface area (Å²) in [7, 11) is 0. The zero-order valence-corrected chi connectivity index (χ0v) is 10.2. The summed E-state index contributed by atoms with van der Waals surface area (Å²) >= 11 is 0. The average Bonchev–Trinajstić information content (AvgIpc) is 2.90. The van der Waals surface area contributed by atoms with E-state index >= 15 is 0 Å². The molecule has 96 valence electrons. The SMILES string of the molecule is Cc1noc(C)c1CNCc1cc(C(=O)O)co1. The van der Waals surface area contributed by atoms with Gasteiger partial charge >= 0.3 is 5.97 Å². The summed E-state index contributed by atoms with van der Waals surface area (Å²) < 4.78 is 10.2. The first-order chi connectivity index (χ1) is 8.58. The Hall–Kier alpha value is -2.08. The van der Waals surface area contributed by atoms with Crippen LogP contribution in [-0.4, -0.2) is 16.2 Å². The minimum absolute atomic E-state index is 0.157. The maximum atomic E-state index is 10.7. The Kier molecular flexibility index (Phi) is 3.47. The number of aryl methyl sites for hydroxylation is 2. The van der Waals surface area contributed by atoms with E-state index in [9.17, 15) is 4.79 Å². The second kappa shape index (κ2) is 5.05. The van der Waals surface area contributed by atoms with Gasteiger partial charge in [-0.2, -0.15) is 0 Å². The van der Waals surface area contributed by atoms with Gasteiger partial charge in [0.25, 0.3) is 0 Å². The molecular weight excluding hydrogens is 236 g/mol. The number of hydrogen-bond donors (Lipinski definition) is 2. The minimum Gasteiger partial charge on any atom is -0.478 e. The van der Waals surface area contributed by atoms with Crippen LogP contribution in [0.25, 0.3) is 0 Å². The first-order valence-corrected chi connectivity index (χ1v) is 5.51. The average molecular weight is 250 g/mol. The number of carboxylic acids is 1. The van der Waals surface area contributed by atoms with Gasteiger partial charge in [-0.3, -0.25) is 0 Å². The predicted molar refractivity (Wildman–Crippen MR) is 62.2 cm³/mol. The minimum atomic E-state index is -0.990. The van der Waals surface area contributed by atoms with E-state index in [2.05, 4.69) is 10.5 Å². The Morgan fingerprint density at radius 1 is 1.44 bits per heavy atom. The molecule has 0 fully saturated rings. The van der Waals surface area contributed by atoms with Crippen molar-refractivity contribution < 1.29 is 18.8 Å². The van der Waals surface area contributed by atoms with Gasteiger partial charge in [0.1, 0.15) is 17.8 Å². The Balaban J connectivity index is 1.90. The summed E-state index contributed by atoms with van der Waals surface area (Å²) in [4.78, 5) is 10.7. The van der Waals surface area contributed by atoms with Crippen LogP contribution in [0.3, 0.4) is 0 Å². The van der Waals surface area contributed by atoms with Gasteiger partial charge in [0.15, 0.2) is 0 Å². The van der Waals surface area contributed by atoms with Crippen molar-refractivity contribution >= 4 is 5.97 Å². The highest BCUT2D eigenvalue weighted by Crippen LogP contribution is 2.12. The molecule has 2 aromatic heterocycles. The monoisotopic (exact) mass is 250 g/mol. The van der Waals surface area contributed by atoms with E-state index in [1.807, 2.05) is 13.8 Å². The van der Waals surface area contributed by atoms with E-state index in [0.29, 0.717) is 18.8 Å². The third-order valence-electron chi connectivity index (χ3n) is 2.68. The van der Waals surface area contributed by atoms with Crippen LogP contribution in [0.2, 0.25) is 0 Å². The van der Waals surface area contributed by atoms with E-state index in [4.69, 9.17) is 14.0 Å². The second-order valence-electron chi connectivity index (χ2n) is 4.01. The number of furan rings is 1. The Bertz CT molecular complexity index is 537. The third kappa shape index (κ3) is 2.60. The summed E-state index contributed by atoms with van der Waals surface area (Å²) in [6.07, 6.45) is 1.23. The maximum Gasteiger partial charge on any atom is 0.338 e. The number of carboxylic acid groups (broad SMARTS) is 1. The van der Waals surface area contributed by atoms with Crippen molar-refractivity contribution in [2.75, 3.05) is 0 Å². The Morgan fingerprint density at radius 2 is 2.22 bits per heavy atom. The van der Waals surface area contributed by atoms with Crippen molar-refractivity contribution in [1.82, 2.24) is 10.5 Å². The number of rotatable bonds is 5. The van der Waals surface area contributed by atoms with E-state index in [1.54, 1.807) is 0 Å². The normalized spacial score (nSPS) is 10.8. The molecule has 0 atom stereocenters. The number of nitrogens with zero attached hydrogens (tertiary/aromatic N) is 1. The van der Waals surface area contributed by atoms with E-state index in [0.717, 1.165) is 17.0 Å². The fraction of sp³-hybridized carbons (Fsp3) is 0.333. The van der Waals surface area contributed by atoms with Gasteiger partial charge in [0.05, 0.1) is 17.8 Å². The standard InChI is InChI=1S/C12H14N2O4/c1-7-11(8(2)18-14-7)5-13-4-10-3-9(6-17-10)12(15)16/h3,6,13H,4-5H2,1-2H3,(H,15,16). The van der Waals surface area contributed by atoms with Gasteiger partial charge in [0.2, 0.25) is 0 Å². The molecule has 0 aromatic carbocycles. The van der Waals surface area contributed by atoms with Crippen LogP contribution in [0.1, 0.15) is 33.1 Å². The molecule has 0 unspecified atom stereocenters. The molecular formula is C12H14N2O4. The molecule has 0 bridgehead atoms. The quantitative estimate of drug-likeness (QED) is 0.842. The molecule has 6 nitrogen and oxygen atoms in total. The van der Waals surface area contributed by atoms with E-state index < -0.39 is 5.97 Å². The molecule has 2 N–H and O–H groups in total. The number of carbonyl (C=O) groups is 1. The predicted octanol–water partition coefficient (Wildman–Crippen LogP) is 1.87. The van der Waals surface area contributed by atoms with Crippen LogP contribution in [-0.2, 0) is 13.1 Å². The fourth-order valence-corrected chi connectivity index (χ4v) is 1.65.